The highest BCUT2D eigenvalue weighted by Gasteiger charge is 2.13. The average Bonchev–Trinajstić information content (AvgIpc) is 3.18. The lowest BCUT2D eigenvalue weighted by molar-refractivity contribution is 0.601. The summed E-state index contributed by atoms with van der Waals surface area (Å²) in [6, 6.07) is 15.1. The highest BCUT2D eigenvalue weighted by Crippen LogP contribution is 2.19. The quantitative estimate of drug-likeness (QED) is 0.557. The second-order valence-corrected chi connectivity index (χ2v) is 7.23. The van der Waals surface area contributed by atoms with E-state index in [0.717, 1.165) is 5.56 Å². The van der Waals surface area contributed by atoms with Gasteiger partial charge in [0.15, 0.2) is 0 Å². The Morgan fingerprint density at radius 2 is 1.78 bits per heavy atom. The molecule has 0 amide bonds. The molecule has 2 aromatic carbocycles. The van der Waals surface area contributed by atoms with Crippen molar-refractivity contribution in [2.75, 3.05) is 10.0 Å². The van der Waals surface area contributed by atoms with Crippen LogP contribution in [-0.2, 0) is 10.0 Å². The molecule has 10 heteroatoms. The molecule has 0 fully saturated rings. The number of sulfonamides is 1. The van der Waals surface area contributed by atoms with Crippen molar-refractivity contribution in [1.82, 2.24) is 20.6 Å². The minimum atomic E-state index is -3.65. The molecule has 9 nitrogen and oxygen atoms in total. The first kappa shape index (κ1) is 18.1. The van der Waals surface area contributed by atoms with Crippen LogP contribution in [0.15, 0.2) is 59.6 Å². The molecule has 0 radical (unpaired) electrons. The van der Waals surface area contributed by atoms with Crippen LogP contribution in [0.5, 0.6) is 0 Å². The Kier molecular flexibility index (Phi) is 5.14. The smallest absolute Gasteiger partial charge is 0.261 e. The molecule has 0 bridgehead atoms. The molecule has 0 unspecified atom stereocenters. The predicted molar refractivity (Wildman–Crippen MR) is 99.8 cm³/mol. The molecule has 136 valence electrons. The normalized spacial score (nSPS) is 11.6. The summed E-state index contributed by atoms with van der Waals surface area (Å²) in [5, 5.41) is 25.2. The Bertz CT molecular complexity index is 1080. The number of allylic oxidation sites excluding steroid dienone is 1. The van der Waals surface area contributed by atoms with Gasteiger partial charge in [-0.2, -0.15) is 10.5 Å². The van der Waals surface area contributed by atoms with Gasteiger partial charge in [0.1, 0.15) is 11.6 Å². The Morgan fingerprint density at radius 1 is 1.11 bits per heavy atom. The van der Waals surface area contributed by atoms with Crippen LogP contribution in [0, 0.1) is 18.3 Å². The molecule has 0 saturated carbocycles. The first-order valence-corrected chi connectivity index (χ1v) is 9.26. The molecule has 0 aliphatic rings. The zero-order valence-corrected chi connectivity index (χ0v) is 15.0. The minimum Gasteiger partial charge on any atom is -0.360 e. The topological polar surface area (TPSA) is 136 Å². The molecule has 0 aliphatic carbocycles. The van der Waals surface area contributed by atoms with E-state index in [1.165, 1.54) is 6.20 Å². The van der Waals surface area contributed by atoms with E-state index in [2.05, 4.69) is 30.7 Å². The Balaban J connectivity index is 1.70. The highest BCUT2D eigenvalue weighted by atomic mass is 32.2. The van der Waals surface area contributed by atoms with Gasteiger partial charge in [0.25, 0.3) is 10.0 Å². The molecular weight excluding hydrogens is 366 g/mol. The lowest BCUT2D eigenvalue weighted by Crippen LogP contribution is -2.12. The standard InChI is InChI=1S/C17H15N7O2S/c1-12-2-8-16(9-3-12)27(25,26)22-15-6-4-14(5-7-15)19-11-13(10-18)17-20-23-24-21-17/h2-9,11,19,22H,1H3,(H,20,21,23,24). The molecular formula is C17H15N7O2S. The minimum absolute atomic E-state index is 0.174. The first-order chi connectivity index (χ1) is 13.0. The number of aromatic nitrogens is 4. The highest BCUT2D eigenvalue weighted by molar-refractivity contribution is 7.92. The van der Waals surface area contributed by atoms with Gasteiger partial charge in [-0.15, -0.1) is 10.2 Å². The van der Waals surface area contributed by atoms with Crippen molar-refractivity contribution in [3.8, 4) is 6.07 Å². The Morgan fingerprint density at radius 3 is 2.37 bits per heavy atom. The number of anilines is 2. The molecule has 0 atom stereocenters. The summed E-state index contributed by atoms with van der Waals surface area (Å²) in [5.41, 5.74) is 2.26. The van der Waals surface area contributed by atoms with Crippen molar-refractivity contribution >= 4 is 27.0 Å². The van der Waals surface area contributed by atoms with Crippen LogP contribution in [0.1, 0.15) is 11.4 Å². The number of aromatic amines is 1. The number of hydrogen-bond acceptors (Lipinski definition) is 7. The van der Waals surface area contributed by atoms with Gasteiger partial charge >= 0.3 is 0 Å². The third-order valence-electron chi connectivity index (χ3n) is 3.56. The number of nitrogens with one attached hydrogen (secondary N) is 3. The largest absolute Gasteiger partial charge is 0.360 e. The van der Waals surface area contributed by atoms with Gasteiger partial charge in [0.05, 0.1) is 4.90 Å². The molecule has 1 aromatic heterocycles. The van der Waals surface area contributed by atoms with Crippen molar-refractivity contribution in [2.45, 2.75) is 11.8 Å². The molecule has 3 rings (SSSR count). The number of nitrogens with zero attached hydrogens (tertiary/aromatic N) is 4. The SMILES string of the molecule is Cc1ccc(S(=O)(=O)Nc2ccc(NC=C(C#N)c3nn[nH]n3)cc2)cc1. The summed E-state index contributed by atoms with van der Waals surface area (Å²) in [6.07, 6.45) is 1.44. The number of hydrogen-bond donors (Lipinski definition) is 3. The third-order valence-corrected chi connectivity index (χ3v) is 4.96. The zero-order valence-electron chi connectivity index (χ0n) is 14.2. The third kappa shape index (κ3) is 4.47. The molecule has 1 heterocycles. The van der Waals surface area contributed by atoms with Crippen LogP contribution in [0.4, 0.5) is 11.4 Å². The van der Waals surface area contributed by atoms with E-state index in [-0.39, 0.29) is 16.3 Å². The van der Waals surface area contributed by atoms with E-state index in [4.69, 9.17) is 5.26 Å². The summed E-state index contributed by atoms with van der Waals surface area (Å²) in [4.78, 5) is 0.192. The first-order valence-electron chi connectivity index (χ1n) is 7.78. The molecule has 3 N–H and O–H groups in total. The maximum atomic E-state index is 12.4. The average molecular weight is 381 g/mol. The van der Waals surface area contributed by atoms with Gasteiger partial charge in [0.2, 0.25) is 5.82 Å². The second-order valence-electron chi connectivity index (χ2n) is 5.55. The van der Waals surface area contributed by atoms with Crippen LogP contribution in [0.25, 0.3) is 5.57 Å². The molecule has 0 saturated heterocycles. The van der Waals surface area contributed by atoms with Crippen LogP contribution in [0.2, 0.25) is 0 Å². The van der Waals surface area contributed by atoms with Crippen LogP contribution >= 0.6 is 0 Å². The van der Waals surface area contributed by atoms with E-state index in [1.54, 1.807) is 48.5 Å². The fraction of sp³-hybridized carbons (Fsp3) is 0.0588. The Labute approximate surface area is 155 Å². The van der Waals surface area contributed by atoms with E-state index in [9.17, 15) is 8.42 Å². The van der Waals surface area contributed by atoms with Crippen molar-refractivity contribution < 1.29 is 8.42 Å². The van der Waals surface area contributed by atoms with Crippen molar-refractivity contribution in [1.29, 1.82) is 5.26 Å². The summed E-state index contributed by atoms with van der Waals surface area (Å²) >= 11 is 0. The van der Waals surface area contributed by atoms with Gasteiger partial charge in [-0.05, 0) is 48.5 Å². The van der Waals surface area contributed by atoms with Crippen LogP contribution in [0.3, 0.4) is 0 Å². The summed E-state index contributed by atoms with van der Waals surface area (Å²) in [5.74, 6) is 0.174. The fourth-order valence-electron chi connectivity index (χ4n) is 2.14. The zero-order chi connectivity index (χ0) is 19.3. The molecule has 3 aromatic rings. The number of aryl methyl sites for hydroxylation is 1. The van der Waals surface area contributed by atoms with E-state index >= 15 is 0 Å². The van der Waals surface area contributed by atoms with E-state index < -0.39 is 10.0 Å². The summed E-state index contributed by atoms with van der Waals surface area (Å²) < 4.78 is 27.3. The molecule has 27 heavy (non-hydrogen) atoms. The van der Waals surface area contributed by atoms with Gasteiger partial charge in [-0.3, -0.25) is 4.72 Å². The number of rotatable bonds is 6. The lowest BCUT2D eigenvalue weighted by atomic mass is 10.2. The van der Waals surface area contributed by atoms with E-state index in [0.29, 0.717) is 11.4 Å². The van der Waals surface area contributed by atoms with Crippen molar-refractivity contribution in [2.24, 2.45) is 0 Å². The predicted octanol–water partition coefficient (Wildman–Crippen LogP) is 2.29. The number of tetrazole rings is 1. The summed E-state index contributed by atoms with van der Waals surface area (Å²) in [7, 11) is -3.65. The van der Waals surface area contributed by atoms with Crippen LogP contribution < -0.4 is 10.0 Å². The van der Waals surface area contributed by atoms with Gasteiger partial charge in [-0.1, -0.05) is 17.7 Å². The molecule has 0 spiro atoms. The lowest BCUT2D eigenvalue weighted by Gasteiger charge is -2.09. The monoisotopic (exact) mass is 381 g/mol. The Hall–Kier alpha value is -3.71. The second kappa shape index (κ2) is 7.67. The maximum absolute atomic E-state index is 12.4. The summed E-state index contributed by atoms with van der Waals surface area (Å²) in [6.45, 7) is 1.89. The number of H-pyrrole nitrogens is 1. The van der Waals surface area contributed by atoms with E-state index in [1.807, 2.05) is 13.0 Å². The number of nitriles is 1. The van der Waals surface area contributed by atoms with Crippen LogP contribution in [-0.4, -0.2) is 29.0 Å². The maximum Gasteiger partial charge on any atom is 0.261 e. The molecule has 0 aliphatic heterocycles. The number of benzene rings is 2. The van der Waals surface area contributed by atoms with Gasteiger partial charge in [-0.25, -0.2) is 8.42 Å². The van der Waals surface area contributed by atoms with Crippen molar-refractivity contribution in [3.63, 3.8) is 0 Å². The van der Waals surface area contributed by atoms with Crippen molar-refractivity contribution in [3.05, 3.63) is 66.1 Å². The van der Waals surface area contributed by atoms with Gasteiger partial charge in [0, 0.05) is 17.6 Å². The van der Waals surface area contributed by atoms with Gasteiger partial charge < -0.3 is 5.32 Å². The fourth-order valence-corrected chi connectivity index (χ4v) is 3.20.